The van der Waals surface area contributed by atoms with Gasteiger partial charge in [0, 0.05) is 22.6 Å². The molecule has 2 nitrogen and oxygen atoms in total. The zero-order valence-electron chi connectivity index (χ0n) is 13.1. The van der Waals surface area contributed by atoms with Crippen LogP contribution in [0.25, 0.3) is 11.1 Å². The van der Waals surface area contributed by atoms with Crippen molar-refractivity contribution in [3.8, 4) is 11.1 Å². The average molecular weight is 346 g/mol. The molecule has 0 spiro atoms. The Morgan fingerprint density at radius 3 is 1.83 bits per heavy atom. The number of Topliss-reactive ketones (excluding diaryl/α,β-unsaturated/α-hetero) is 2. The van der Waals surface area contributed by atoms with Crippen molar-refractivity contribution < 1.29 is 26.7 Å². The second-order valence-corrected chi connectivity index (χ2v) is 5.04. The van der Waals surface area contributed by atoms with Crippen LogP contribution in [0.5, 0.6) is 0 Å². The Balaban J connectivity index is 0.000000253. The summed E-state index contributed by atoms with van der Waals surface area (Å²) < 4.78 is 0. The molecule has 0 saturated heterocycles. The summed E-state index contributed by atoms with van der Waals surface area (Å²) in [5.41, 5.74) is 3.91. The van der Waals surface area contributed by atoms with E-state index in [1.807, 2.05) is 60.7 Å². The summed E-state index contributed by atoms with van der Waals surface area (Å²) in [5.74, 6) is 0.244. The first-order valence-corrected chi connectivity index (χ1v) is 7.13. The molecule has 0 aliphatic heterocycles. The van der Waals surface area contributed by atoms with Crippen LogP contribution in [0.2, 0.25) is 0 Å². The molecule has 3 aromatic carbocycles. The van der Waals surface area contributed by atoms with E-state index < -0.39 is 0 Å². The summed E-state index contributed by atoms with van der Waals surface area (Å²) in [6, 6.07) is 23.2. The van der Waals surface area contributed by atoms with Gasteiger partial charge in [-0.05, 0) is 6.92 Å². The van der Waals surface area contributed by atoms with Gasteiger partial charge in [0.05, 0.1) is 0 Å². The zero-order chi connectivity index (χ0) is 15.9. The van der Waals surface area contributed by atoms with Gasteiger partial charge in [-0.1, -0.05) is 17.7 Å². The molecule has 0 aliphatic rings. The van der Waals surface area contributed by atoms with E-state index in [0.29, 0.717) is 0 Å². The third kappa shape index (κ3) is 5.48. The Morgan fingerprint density at radius 2 is 1.43 bits per heavy atom. The van der Waals surface area contributed by atoms with Crippen molar-refractivity contribution in [2.45, 2.75) is 13.8 Å². The second-order valence-electron chi connectivity index (χ2n) is 5.04. The predicted octanol–water partition coefficient (Wildman–Crippen LogP) is 4.88. The Kier molecular flexibility index (Phi) is 7.40. The fourth-order valence-electron chi connectivity index (χ4n) is 2.07. The minimum absolute atomic E-state index is 0. The van der Waals surface area contributed by atoms with Crippen LogP contribution in [0.3, 0.4) is 0 Å². The van der Waals surface area contributed by atoms with Crippen molar-refractivity contribution in [1.29, 1.82) is 0 Å². The minimum atomic E-state index is 0. The SMILES string of the molecule is CC(=O)[c-]1[cH-][cH-][cH-][cH-]1.CC(=O)c1ccc(-[c-]2cccc2)cc1.[Fe]. The van der Waals surface area contributed by atoms with Crippen LogP contribution in [-0.4, -0.2) is 11.6 Å². The predicted molar refractivity (Wildman–Crippen MR) is 89.5 cm³/mol. The average Bonchev–Trinajstić information content (AvgIpc) is 3.21. The maximum atomic E-state index is 11.0. The van der Waals surface area contributed by atoms with Crippen molar-refractivity contribution in [3.63, 3.8) is 0 Å². The van der Waals surface area contributed by atoms with Gasteiger partial charge in [0.25, 0.3) is 0 Å². The summed E-state index contributed by atoms with van der Waals surface area (Å²) in [7, 11) is 0. The van der Waals surface area contributed by atoms with Crippen LogP contribution >= 0.6 is 0 Å². The van der Waals surface area contributed by atoms with Crippen molar-refractivity contribution in [2.24, 2.45) is 0 Å². The molecule has 0 N–H and O–H groups in total. The molecule has 0 bridgehead atoms. The molecule has 0 fully saturated rings. The van der Waals surface area contributed by atoms with E-state index in [4.69, 9.17) is 0 Å². The van der Waals surface area contributed by atoms with Gasteiger partial charge in [-0.25, -0.2) is 0 Å². The third-order valence-electron chi connectivity index (χ3n) is 3.36. The van der Waals surface area contributed by atoms with E-state index in [-0.39, 0.29) is 28.6 Å². The molecule has 0 heterocycles. The van der Waals surface area contributed by atoms with Crippen LogP contribution in [0.1, 0.15) is 34.6 Å². The van der Waals surface area contributed by atoms with E-state index in [0.717, 1.165) is 16.7 Å². The molecule has 0 radical (unpaired) electrons. The smallest absolute Gasteiger partial charge is 0.158 e. The van der Waals surface area contributed by atoms with Crippen molar-refractivity contribution in [3.05, 3.63) is 83.9 Å². The minimum Gasteiger partial charge on any atom is -0.718 e. The summed E-state index contributed by atoms with van der Waals surface area (Å²) in [6.07, 6.45) is 0. The normalized spacial score (nSPS) is 9.30. The van der Waals surface area contributed by atoms with Crippen molar-refractivity contribution >= 4 is 11.6 Å². The van der Waals surface area contributed by atoms with Gasteiger partial charge in [-0.15, -0.1) is 36.8 Å². The van der Waals surface area contributed by atoms with Crippen molar-refractivity contribution in [2.75, 3.05) is 0 Å². The fraction of sp³-hybridized carbons (Fsp3) is 0.100. The maximum absolute atomic E-state index is 11.0. The Labute approximate surface area is 147 Å². The van der Waals surface area contributed by atoms with Gasteiger partial charge in [-0.2, -0.15) is 12.1 Å². The van der Waals surface area contributed by atoms with Crippen molar-refractivity contribution in [1.82, 2.24) is 0 Å². The number of hydrogen-bond acceptors (Lipinski definition) is 2. The number of benzene rings is 1. The number of carbonyl (C=O) groups excluding carboxylic acids is 2. The largest absolute Gasteiger partial charge is 0.718 e. The maximum Gasteiger partial charge on any atom is 0.158 e. The quantitative estimate of drug-likeness (QED) is 0.385. The Morgan fingerprint density at radius 1 is 0.913 bits per heavy atom. The van der Waals surface area contributed by atoms with Gasteiger partial charge in [-0.3, -0.25) is 10.6 Å². The summed E-state index contributed by atoms with van der Waals surface area (Å²) >= 11 is 0. The molecule has 23 heavy (non-hydrogen) atoms. The first-order chi connectivity index (χ1) is 10.6. The molecule has 3 rings (SSSR count). The number of ketones is 2. The third-order valence-corrected chi connectivity index (χ3v) is 3.36. The molecule has 0 amide bonds. The van der Waals surface area contributed by atoms with Crippen LogP contribution in [0, 0.1) is 0 Å². The number of carbonyl (C=O) groups is 2. The Bertz CT molecular complexity index is 721. The molecule has 0 saturated carbocycles. The zero-order valence-corrected chi connectivity index (χ0v) is 14.2. The van der Waals surface area contributed by atoms with Gasteiger partial charge < -0.3 is 34.6 Å². The molecule has 3 aromatic rings. The summed E-state index contributed by atoms with van der Waals surface area (Å²) in [5, 5.41) is 0. The van der Waals surface area contributed by atoms with E-state index in [9.17, 15) is 9.59 Å². The number of hydrogen-bond donors (Lipinski definition) is 0. The molecule has 0 aliphatic carbocycles. The molecule has 0 aromatic heterocycles. The monoisotopic (exact) mass is 346 g/mol. The van der Waals surface area contributed by atoms with E-state index in [1.165, 1.54) is 5.56 Å². The molecule has 0 atom stereocenters. The van der Waals surface area contributed by atoms with Gasteiger partial charge in [0.15, 0.2) is 5.78 Å². The molecule has 3 heteroatoms. The molecular formula is C20H18FeO2-6. The standard InChI is InChI=1S/C13H11O.C7H7O.Fe/c1-10(14)11-6-8-13(9-7-11)12-4-2-3-5-12;1-6(8)7-4-2-3-5-7;/h2-9H,1H3;2-5H,1H3;/q-1;-5;. The van der Waals surface area contributed by atoms with E-state index in [1.54, 1.807) is 13.8 Å². The molecular weight excluding hydrogens is 328 g/mol. The second kappa shape index (κ2) is 9.04. The summed E-state index contributed by atoms with van der Waals surface area (Å²) in [6.45, 7) is 3.15. The van der Waals surface area contributed by atoms with Crippen LogP contribution in [0.4, 0.5) is 0 Å². The van der Waals surface area contributed by atoms with Crippen LogP contribution in [-0.2, 0) is 17.1 Å². The van der Waals surface area contributed by atoms with Gasteiger partial charge in [0.2, 0.25) is 0 Å². The fourth-order valence-corrected chi connectivity index (χ4v) is 2.07. The number of rotatable bonds is 3. The van der Waals surface area contributed by atoms with E-state index in [2.05, 4.69) is 12.1 Å². The van der Waals surface area contributed by atoms with Gasteiger partial charge >= 0.3 is 0 Å². The van der Waals surface area contributed by atoms with Gasteiger partial charge in [0.1, 0.15) is 0 Å². The van der Waals surface area contributed by atoms with E-state index >= 15 is 0 Å². The first kappa shape index (κ1) is 18.8. The first-order valence-electron chi connectivity index (χ1n) is 7.13. The van der Waals surface area contributed by atoms with Crippen LogP contribution < -0.4 is 0 Å². The Hall–Kier alpha value is -2.22. The molecule has 0 unspecified atom stereocenters. The summed E-state index contributed by atoms with van der Waals surface area (Å²) in [4.78, 5) is 21.5. The molecule has 124 valence electrons. The van der Waals surface area contributed by atoms with Crippen LogP contribution in [0.15, 0.2) is 72.8 Å². The topological polar surface area (TPSA) is 34.1 Å².